The predicted octanol–water partition coefficient (Wildman–Crippen LogP) is 3.37. The Morgan fingerprint density at radius 3 is 2.24 bits per heavy atom. The van der Waals surface area contributed by atoms with Crippen molar-refractivity contribution in [2.24, 2.45) is 5.92 Å². The molecular formula is C21H32N4O3S. The molecule has 1 amide bonds. The van der Waals surface area contributed by atoms with Gasteiger partial charge in [0.1, 0.15) is 0 Å². The molecule has 0 radical (unpaired) electrons. The van der Waals surface area contributed by atoms with Crippen LogP contribution in [0.15, 0.2) is 29.2 Å². The Balaban J connectivity index is 2.10. The number of aromatic nitrogens is 2. The van der Waals surface area contributed by atoms with Crippen LogP contribution in [0.2, 0.25) is 0 Å². The topological polar surface area (TPSA) is 84.3 Å². The summed E-state index contributed by atoms with van der Waals surface area (Å²) >= 11 is 0. The van der Waals surface area contributed by atoms with Crippen molar-refractivity contribution in [1.82, 2.24) is 14.1 Å². The third-order valence-corrected chi connectivity index (χ3v) is 7.00. The maximum absolute atomic E-state index is 12.5. The van der Waals surface area contributed by atoms with E-state index in [2.05, 4.69) is 24.3 Å². The lowest BCUT2D eigenvalue weighted by Crippen LogP contribution is -2.33. The van der Waals surface area contributed by atoms with E-state index in [1.807, 2.05) is 32.4 Å². The van der Waals surface area contributed by atoms with Gasteiger partial charge in [-0.25, -0.2) is 8.42 Å². The lowest BCUT2D eigenvalue weighted by atomic mass is 10.1. The average Bonchev–Trinajstić information content (AvgIpc) is 2.88. The number of anilines is 1. The second-order valence-electron chi connectivity index (χ2n) is 8.09. The van der Waals surface area contributed by atoms with Gasteiger partial charge in [-0.2, -0.15) is 9.40 Å². The Bertz CT molecular complexity index is 961. The van der Waals surface area contributed by atoms with Gasteiger partial charge < -0.3 is 5.32 Å². The van der Waals surface area contributed by atoms with E-state index in [-0.39, 0.29) is 23.3 Å². The number of nitrogens with zero attached hydrogens (tertiary/aromatic N) is 3. The van der Waals surface area contributed by atoms with Crippen LogP contribution in [0.4, 0.5) is 5.69 Å². The molecule has 1 aromatic heterocycles. The fourth-order valence-electron chi connectivity index (χ4n) is 3.03. The number of amides is 1. The summed E-state index contributed by atoms with van der Waals surface area (Å²) in [5.41, 5.74) is 3.35. The molecule has 0 aliphatic rings. The van der Waals surface area contributed by atoms with Gasteiger partial charge in [0.15, 0.2) is 0 Å². The van der Waals surface area contributed by atoms with Gasteiger partial charge in [-0.3, -0.25) is 9.48 Å². The van der Waals surface area contributed by atoms with Crippen LogP contribution in [0, 0.1) is 19.8 Å². The third-order valence-electron chi connectivity index (χ3n) is 4.95. The second kappa shape index (κ2) is 9.09. The van der Waals surface area contributed by atoms with Crippen molar-refractivity contribution < 1.29 is 13.2 Å². The van der Waals surface area contributed by atoms with Crippen molar-refractivity contribution in [2.45, 2.75) is 65.4 Å². The first-order valence-corrected chi connectivity index (χ1v) is 11.3. The molecule has 7 nitrogen and oxygen atoms in total. The lowest BCUT2D eigenvalue weighted by molar-refractivity contribution is -0.115. The van der Waals surface area contributed by atoms with E-state index in [1.54, 1.807) is 19.2 Å². The average molecular weight is 421 g/mol. The molecule has 0 fully saturated rings. The Hall–Kier alpha value is -2.19. The first-order valence-electron chi connectivity index (χ1n) is 9.84. The van der Waals surface area contributed by atoms with Gasteiger partial charge in [0.2, 0.25) is 15.9 Å². The van der Waals surface area contributed by atoms with Crippen LogP contribution in [-0.2, 0) is 27.8 Å². The van der Waals surface area contributed by atoms with Crippen molar-refractivity contribution in [3.63, 3.8) is 0 Å². The molecule has 8 heteroatoms. The standard InChI is InChI=1S/C21H32N4O3S/c1-14(2)13-25-17(6)20(16(5)23-25)12-21(26)22-18-8-10-19(11-9-18)29(27,28)24(7)15(3)4/h8-11,14-15H,12-13H2,1-7H3,(H,22,26). The van der Waals surface area contributed by atoms with Crippen molar-refractivity contribution in [1.29, 1.82) is 0 Å². The van der Waals surface area contributed by atoms with Crippen LogP contribution in [0.1, 0.15) is 44.6 Å². The Labute approximate surface area is 174 Å². The smallest absolute Gasteiger partial charge is 0.243 e. The van der Waals surface area contributed by atoms with E-state index in [1.165, 1.54) is 16.4 Å². The van der Waals surface area contributed by atoms with Gasteiger partial charge >= 0.3 is 0 Å². The van der Waals surface area contributed by atoms with Crippen molar-refractivity contribution in [2.75, 3.05) is 12.4 Å². The van der Waals surface area contributed by atoms with Gasteiger partial charge in [0.05, 0.1) is 17.0 Å². The van der Waals surface area contributed by atoms with Crippen LogP contribution in [0.25, 0.3) is 0 Å². The largest absolute Gasteiger partial charge is 0.326 e. The molecule has 2 aromatic rings. The molecule has 0 spiro atoms. The zero-order chi connectivity index (χ0) is 21.9. The van der Waals surface area contributed by atoms with Gasteiger partial charge in [-0.05, 0) is 57.9 Å². The van der Waals surface area contributed by atoms with Gasteiger partial charge in [-0.1, -0.05) is 13.8 Å². The zero-order valence-corrected chi connectivity index (χ0v) is 19.2. The van der Waals surface area contributed by atoms with Gasteiger partial charge in [0.25, 0.3) is 0 Å². The third kappa shape index (κ3) is 5.45. The van der Waals surface area contributed by atoms with Crippen molar-refractivity contribution >= 4 is 21.6 Å². The predicted molar refractivity (Wildman–Crippen MR) is 115 cm³/mol. The van der Waals surface area contributed by atoms with Gasteiger partial charge in [0, 0.05) is 36.6 Å². The molecule has 0 bridgehead atoms. The molecule has 0 saturated heterocycles. The summed E-state index contributed by atoms with van der Waals surface area (Å²) in [6.45, 7) is 12.6. The highest BCUT2D eigenvalue weighted by molar-refractivity contribution is 7.89. The summed E-state index contributed by atoms with van der Waals surface area (Å²) in [5, 5.41) is 7.39. The molecule has 1 aromatic carbocycles. The number of carbonyl (C=O) groups is 1. The number of sulfonamides is 1. The quantitative estimate of drug-likeness (QED) is 0.710. The molecule has 0 unspecified atom stereocenters. The van der Waals surface area contributed by atoms with Crippen LogP contribution in [0.5, 0.6) is 0 Å². The lowest BCUT2D eigenvalue weighted by Gasteiger charge is -2.21. The first-order chi connectivity index (χ1) is 13.4. The number of aryl methyl sites for hydroxylation is 1. The highest BCUT2D eigenvalue weighted by atomic mass is 32.2. The van der Waals surface area contributed by atoms with Crippen LogP contribution in [0.3, 0.4) is 0 Å². The number of benzene rings is 1. The highest BCUT2D eigenvalue weighted by Gasteiger charge is 2.23. The SMILES string of the molecule is Cc1nn(CC(C)C)c(C)c1CC(=O)Nc1ccc(S(=O)(=O)N(C)C(C)C)cc1. The fraction of sp³-hybridized carbons (Fsp3) is 0.524. The van der Waals surface area contributed by atoms with E-state index in [0.717, 1.165) is 23.5 Å². The summed E-state index contributed by atoms with van der Waals surface area (Å²) in [7, 11) is -1.99. The highest BCUT2D eigenvalue weighted by Crippen LogP contribution is 2.20. The Morgan fingerprint density at radius 2 is 1.72 bits per heavy atom. The summed E-state index contributed by atoms with van der Waals surface area (Å²) in [4.78, 5) is 12.7. The van der Waals surface area contributed by atoms with E-state index in [4.69, 9.17) is 0 Å². The first kappa shape index (κ1) is 23.1. The molecular weight excluding hydrogens is 388 g/mol. The maximum Gasteiger partial charge on any atom is 0.243 e. The molecule has 0 aliphatic heterocycles. The van der Waals surface area contributed by atoms with E-state index in [9.17, 15) is 13.2 Å². The zero-order valence-electron chi connectivity index (χ0n) is 18.4. The van der Waals surface area contributed by atoms with E-state index >= 15 is 0 Å². The minimum atomic E-state index is -3.54. The normalized spacial score (nSPS) is 12.2. The molecule has 160 valence electrons. The van der Waals surface area contributed by atoms with Gasteiger partial charge in [-0.15, -0.1) is 0 Å². The summed E-state index contributed by atoms with van der Waals surface area (Å²) < 4.78 is 28.3. The monoisotopic (exact) mass is 420 g/mol. The van der Waals surface area contributed by atoms with Crippen LogP contribution in [-0.4, -0.2) is 41.5 Å². The Morgan fingerprint density at radius 1 is 1.14 bits per heavy atom. The molecule has 1 N–H and O–H groups in total. The number of hydrogen-bond acceptors (Lipinski definition) is 4. The number of rotatable bonds is 8. The molecule has 1 heterocycles. The minimum Gasteiger partial charge on any atom is -0.326 e. The number of carbonyl (C=O) groups excluding carboxylic acids is 1. The van der Waals surface area contributed by atoms with Crippen molar-refractivity contribution in [3.8, 4) is 0 Å². The van der Waals surface area contributed by atoms with Crippen molar-refractivity contribution in [3.05, 3.63) is 41.2 Å². The van der Waals surface area contributed by atoms with E-state index in [0.29, 0.717) is 11.6 Å². The number of hydrogen-bond donors (Lipinski definition) is 1. The molecule has 29 heavy (non-hydrogen) atoms. The molecule has 0 saturated carbocycles. The fourth-order valence-corrected chi connectivity index (χ4v) is 4.40. The van der Waals surface area contributed by atoms with Crippen LogP contribution >= 0.6 is 0 Å². The molecule has 0 atom stereocenters. The van der Waals surface area contributed by atoms with Crippen LogP contribution < -0.4 is 5.32 Å². The minimum absolute atomic E-state index is 0.137. The summed E-state index contributed by atoms with van der Waals surface area (Å²) in [6, 6.07) is 6.12. The second-order valence-corrected chi connectivity index (χ2v) is 10.1. The summed E-state index contributed by atoms with van der Waals surface area (Å²) in [6.07, 6.45) is 0.228. The number of nitrogens with one attached hydrogen (secondary N) is 1. The maximum atomic E-state index is 12.5. The summed E-state index contributed by atoms with van der Waals surface area (Å²) in [5.74, 6) is 0.314. The van der Waals surface area contributed by atoms with E-state index < -0.39 is 10.0 Å². The molecule has 0 aliphatic carbocycles. The Kier molecular flexibility index (Phi) is 7.24. The molecule has 2 rings (SSSR count).